The van der Waals surface area contributed by atoms with Gasteiger partial charge in [0.15, 0.2) is 0 Å². The lowest BCUT2D eigenvalue weighted by Crippen LogP contribution is -2.10. The fourth-order valence-corrected chi connectivity index (χ4v) is 0.852. The highest BCUT2D eigenvalue weighted by molar-refractivity contribution is 6.49. The van der Waals surface area contributed by atoms with E-state index in [0.717, 1.165) is 6.21 Å². The average Bonchev–Trinajstić information content (AvgIpc) is 2.55. The monoisotopic (exact) mass is 151 g/mol. The number of hydrogen-bond acceptors (Lipinski definition) is 4. The predicted octanol–water partition coefficient (Wildman–Crippen LogP) is -0.575. The zero-order valence-corrected chi connectivity index (χ0v) is 5.65. The molecule has 2 rings (SSSR count). The van der Waals surface area contributed by atoms with Crippen LogP contribution in [0.15, 0.2) is 15.0 Å². The first-order valence-electron chi connectivity index (χ1n) is 3.20. The number of aliphatic imine (C=N–C) groups is 3. The molecule has 0 fully saturated rings. The van der Waals surface area contributed by atoms with Gasteiger partial charge in [-0.2, -0.15) is 4.99 Å². The van der Waals surface area contributed by atoms with Crippen LogP contribution >= 0.6 is 0 Å². The molecule has 0 N–H and O–H groups in total. The van der Waals surface area contributed by atoms with Crippen molar-refractivity contribution >= 4 is 23.9 Å². The summed E-state index contributed by atoms with van der Waals surface area (Å²) in [6.45, 7) is 1.18. The van der Waals surface area contributed by atoms with Gasteiger partial charge in [-0.1, -0.05) is 0 Å². The Morgan fingerprint density at radius 1 is 1.55 bits per heavy atom. The number of rotatable bonds is 1. The smallest absolute Gasteiger partial charge is 0.290 e. The van der Waals surface area contributed by atoms with Gasteiger partial charge < -0.3 is 4.74 Å². The largest absolute Gasteiger partial charge is 0.473 e. The first-order chi connectivity index (χ1) is 5.36. The van der Waals surface area contributed by atoms with Crippen molar-refractivity contribution in [3.63, 3.8) is 0 Å². The van der Waals surface area contributed by atoms with Crippen LogP contribution in [0.5, 0.6) is 0 Å². The van der Waals surface area contributed by atoms with Crippen LogP contribution in [0.4, 0.5) is 0 Å². The first kappa shape index (κ1) is 6.21. The average molecular weight is 151 g/mol. The molecule has 0 aromatic rings. The van der Waals surface area contributed by atoms with Crippen LogP contribution in [0.1, 0.15) is 0 Å². The summed E-state index contributed by atoms with van der Waals surface area (Å²) in [6, 6.07) is 0. The minimum atomic E-state index is -0.349. The normalized spacial score (nSPS) is 21.6. The fourth-order valence-electron chi connectivity index (χ4n) is 0.852. The molecule has 56 valence electrons. The van der Waals surface area contributed by atoms with Gasteiger partial charge in [-0.25, -0.2) is 9.98 Å². The second-order valence-corrected chi connectivity index (χ2v) is 2.07. The van der Waals surface area contributed by atoms with Crippen LogP contribution in [0.2, 0.25) is 0 Å². The van der Waals surface area contributed by atoms with Gasteiger partial charge in [-0.3, -0.25) is 4.79 Å². The third-order valence-corrected chi connectivity index (χ3v) is 1.29. The van der Waals surface area contributed by atoms with Crippen LogP contribution < -0.4 is 0 Å². The molecule has 1 amide bonds. The van der Waals surface area contributed by atoms with Crippen molar-refractivity contribution in [2.75, 3.05) is 13.2 Å². The summed E-state index contributed by atoms with van der Waals surface area (Å²) in [4.78, 5) is 21.8. The maximum Gasteiger partial charge on any atom is 0.290 e. The minimum Gasteiger partial charge on any atom is -0.473 e. The Bertz CT molecular complexity index is 290. The highest BCUT2D eigenvalue weighted by atomic mass is 16.5. The van der Waals surface area contributed by atoms with E-state index in [-0.39, 0.29) is 5.91 Å². The molecule has 0 aromatic carbocycles. The van der Waals surface area contributed by atoms with E-state index in [1.54, 1.807) is 0 Å². The summed E-state index contributed by atoms with van der Waals surface area (Å²) in [5.74, 6) is 0.331. The molecule has 0 aromatic heterocycles. The highest BCUT2D eigenvalue weighted by Crippen LogP contribution is 2.01. The Labute approximate surface area is 62.5 Å². The van der Waals surface area contributed by atoms with Crippen molar-refractivity contribution < 1.29 is 9.53 Å². The van der Waals surface area contributed by atoms with E-state index in [1.807, 2.05) is 0 Å². The van der Waals surface area contributed by atoms with Crippen molar-refractivity contribution in [1.29, 1.82) is 0 Å². The quantitative estimate of drug-likeness (QED) is 0.503. The molecule has 0 bridgehead atoms. The van der Waals surface area contributed by atoms with Crippen LogP contribution in [-0.2, 0) is 9.53 Å². The van der Waals surface area contributed by atoms with Gasteiger partial charge in [0.25, 0.3) is 11.8 Å². The molecule has 2 aliphatic heterocycles. The Morgan fingerprint density at radius 3 is 3.00 bits per heavy atom. The number of ether oxygens (including phenoxy) is 1. The fraction of sp³-hybridized carbons (Fsp3) is 0.333. The lowest BCUT2D eigenvalue weighted by atomic mass is 10.6. The van der Waals surface area contributed by atoms with E-state index in [9.17, 15) is 4.79 Å². The molecule has 0 saturated carbocycles. The maximum atomic E-state index is 10.6. The topological polar surface area (TPSA) is 63.4 Å². The summed E-state index contributed by atoms with van der Waals surface area (Å²) in [6.07, 6.45) is 1.15. The molecule has 2 aliphatic rings. The van der Waals surface area contributed by atoms with Gasteiger partial charge >= 0.3 is 0 Å². The molecule has 0 spiro atoms. The van der Waals surface area contributed by atoms with Crippen molar-refractivity contribution in [1.82, 2.24) is 0 Å². The van der Waals surface area contributed by atoms with E-state index in [2.05, 4.69) is 15.0 Å². The van der Waals surface area contributed by atoms with Crippen LogP contribution in [0, 0.1) is 0 Å². The number of hydrogen-bond donors (Lipinski definition) is 0. The van der Waals surface area contributed by atoms with Crippen LogP contribution in [0.25, 0.3) is 0 Å². The van der Waals surface area contributed by atoms with Gasteiger partial charge in [0.2, 0.25) is 5.84 Å². The summed E-state index contributed by atoms with van der Waals surface area (Å²) in [7, 11) is 0. The molecule has 0 saturated heterocycles. The standard InChI is InChI=1S/C6H5N3O2/c10-4-3-8-5(9-4)6-7-1-2-11-6/h3H,1-2H2. The number of amides is 1. The second-order valence-electron chi connectivity index (χ2n) is 2.07. The zero-order chi connectivity index (χ0) is 7.68. The van der Waals surface area contributed by atoms with Gasteiger partial charge in [0.1, 0.15) is 6.61 Å². The zero-order valence-electron chi connectivity index (χ0n) is 5.65. The molecular weight excluding hydrogens is 146 g/mol. The summed E-state index contributed by atoms with van der Waals surface area (Å²) in [5, 5.41) is 0. The van der Waals surface area contributed by atoms with Crippen molar-refractivity contribution in [2.24, 2.45) is 15.0 Å². The van der Waals surface area contributed by atoms with Crippen molar-refractivity contribution in [3.8, 4) is 0 Å². The maximum absolute atomic E-state index is 10.6. The van der Waals surface area contributed by atoms with Crippen LogP contribution in [-0.4, -0.2) is 37.0 Å². The Balaban J connectivity index is 2.23. The number of carbonyl (C=O) groups is 1. The molecule has 5 nitrogen and oxygen atoms in total. The molecule has 11 heavy (non-hydrogen) atoms. The summed E-state index contributed by atoms with van der Waals surface area (Å²) >= 11 is 0. The van der Waals surface area contributed by atoms with Gasteiger partial charge in [-0.05, 0) is 0 Å². The predicted molar refractivity (Wildman–Crippen MR) is 39.2 cm³/mol. The van der Waals surface area contributed by atoms with E-state index in [4.69, 9.17) is 4.74 Å². The molecular formula is C6H5N3O2. The van der Waals surface area contributed by atoms with E-state index >= 15 is 0 Å². The highest BCUT2D eigenvalue weighted by Gasteiger charge is 2.18. The Morgan fingerprint density at radius 2 is 2.45 bits per heavy atom. The molecule has 0 unspecified atom stereocenters. The summed E-state index contributed by atoms with van der Waals surface area (Å²) in [5.41, 5.74) is 0. The SMILES string of the molecule is O=C1C=NC(C2=NCCO2)=N1. The molecule has 0 aliphatic carbocycles. The number of nitrogens with zero attached hydrogens (tertiary/aromatic N) is 3. The Kier molecular flexibility index (Phi) is 1.28. The van der Waals surface area contributed by atoms with Crippen molar-refractivity contribution in [2.45, 2.75) is 0 Å². The first-order valence-corrected chi connectivity index (χ1v) is 3.20. The van der Waals surface area contributed by atoms with Crippen molar-refractivity contribution in [3.05, 3.63) is 0 Å². The molecule has 2 heterocycles. The van der Waals surface area contributed by atoms with Gasteiger partial charge in [0.05, 0.1) is 12.8 Å². The molecule has 5 heteroatoms. The van der Waals surface area contributed by atoms with Crippen LogP contribution in [0.3, 0.4) is 0 Å². The summed E-state index contributed by atoms with van der Waals surface area (Å²) < 4.78 is 5.04. The molecule has 0 atom stereocenters. The Hall–Kier alpha value is -1.52. The van der Waals surface area contributed by atoms with E-state index in [1.165, 1.54) is 0 Å². The van der Waals surface area contributed by atoms with E-state index in [0.29, 0.717) is 24.9 Å². The minimum absolute atomic E-state index is 0.299. The lowest BCUT2D eigenvalue weighted by molar-refractivity contribution is -0.111. The van der Waals surface area contributed by atoms with Gasteiger partial charge in [0, 0.05) is 0 Å². The number of amidine groups is 1. The second kappa shape index (κ2) is 2.26. The van der Waals surface area contributed by atoms with E-state index < -0.39 is 0 Å². The van der Waals surface area contributed by atoms with Gasteiger partial charge in [-0.15, -0.1) is 0 Å². The third kappa shape index (κ3) is 1.04. The molecule has 0 radical (unpaired) electrons. The number of carbonyl (C=O) groups excluding carboxylic acids is 1. The third-order valence-electron chi connectivity index (χ3n) is 1.29. The lowest BCUT2D eigenvalue weighted by Gasteiger charge is -1.94.